The number of aromatic nitrogens is 1. The Morgan fingerprint density at radius 2 is 1.96 bits per heavy atom. The van der Waals surface area contributed by atoms with E-state index in [2.05, 4.69) is 4.98 Å². The SMILES string of the molecule is [3H]CN(C(=O)c1cc2ccccc2c(-c2ccccc2Cl)n1)C(C)CC. The zero-order valence-electron chi connectivity index (χ0n) is 15.4. The predicted octanol–water partition coefficient (Wildman–Crippen LogP) is 5.43. The number of nitrogens with zero attached hydrogens (tertiary/aromatic N) is 2. The summed E-state index contributed by atoms with van der Waals surface area (Å²) >= 11 is 6.39. The van der Waals surface area contributed by atoms with Gasteiger partial charge < -0.3 is 4.90 Å². The van der Waals surface area contributed by atoms with Crippen molar-refractivity contribution in [1.82, 2.24) is 9.88 Å². The second-order valence-electron chi connectivity index (χ2n) is 6.09. The molecular weight excluding hydrogens is 332 g/mol. The monoisotopic (exact) mass is 354 g/mol. The van der Waals surface area contributed by atoms with Gasteiger partial charge in [-0.3, -0.25) is 4.79 Å². The molecule has 0 aliphatic carbocycles. The van der Waals surface area contributed by atoms with Crippen molar-refractivity contribution in [2.75, 3.05) is 7.02 Å². The van der Waals surface area contributed by atoms with Crippen molar-refractivity contribution < 1.29 is 6.17 Å². The Balaban J connectivity index is 2.20. The minimum Gasteiger partial charge on any atom is -0.338 e. The van der Waals surface area contributed by atoms with Crippen molar-refractivity contribution >= 4 is 28.3 Å². The molecule has 3 aromatic rings. The summed E-state index contributed by atoms with van der Waals surface area (Å²) in [5.41, 5.74) is 1.82. The lowest BCUT2D eigenvalue weighted by atomic mass is 10.0. The molecule has 128 valence electrons. The van der Waals surface area contributed by atoms with E-state index in [0.717, 1.165) is 22.8 Å². The van der Waals surface area contributed by atoms with Crippen LogP contribution >= 0.6 is 11.6 Å². The Bertz CT molecular complexity index is 944. The molecule has 4 heteroatoms. The van der Waals surface area contributed by atoms with Gasteiger partial charge in [0.1, 0.15) is 5.69 Å². The number of halogens is 1. The number of carbonyl (C=O) groups excluding carboxylic acids is 1. The zero-order valence-corrected chi connectivity index (χ0v) is 15.1. The third-order valence-electron chi connectivity index (χ3n) is 4.47. The molecule has 1 aromatic heterocycles. The normalized spacial score (nSPS) is 12.7. The Hall–Kier alpha value is -2.39. The van der Waals surface area contributed by atoms with Crippen LogP contribution in [0.1, 0.15) is 32.1 Å². The molecule has 0 saturated heterocycles. The number of carbonyl (C=O) groups is 1. The van der Waals surface area contributed by atoms with E-state index in [1.807, 2.05) is 62.4 Å². The zero-order chi connectivity index (χ0) is 18.7. The highest BCUT2D eigenvalue weighted by Crippen LogP contribution is 2.32. The minimum atomic E-state index is -0.228. The summed E-state index contributed by atoms with van der Waals surface area (Å²) in [6.45, 7) is 3.95. The minimum absolute atomic E-state index is 0.0166. The third-order valence-corrected chi connectivity index (χ3v) is 4.80. The van der Waals surface area contributed by atoms with Gasteiger partial charge in [0.05, 0.1) is 5.69 Å². The first-order chi connectivity index (χ1) is 12.6. The van der Waals surface area contributed by atoms with Crippen molar-refractivity contribution in [2.45, 2.75) is 26.3 Å². The van der Waals surface area contributed by atoms with Crippen molar-refractivity contribution in [2.24, 2.45) is 0 Å². The molecule has 1 heterocycles. The third kappa shape index (κ3) is 3.38. The molecule has 3 rings (SSSR count). The average molecular weight is 355 g/mol. The average Bonchev–Trinajstić information content (AvgIpc) is 2.67. The van der Waals surface area contributed by atoms with Crippen LogP contribution in [0.5, 0.6) is 0 Å². The summed E-state index contributed by atoms with van der Waals surface area (Å²) in [6, 6.07) is 17.1. The van der Waals surface area contributed by atoms with E-state index in [1.165, 1.54) is 4.90 Å². The maximum Gasteiger partial charge on any atom is 0.272 e. The van der Waals surface area contributed by atoms with Crippen molar-refractivity contribution in [1.29, 1.82) is 0 Å². The second kappa shape index (κ2) is 7.24. The van der Waals surface area contributed by atoms with Crippen LogP contribution in [0.25, 0.3) is 22.0 Å². The molecule has 2 aromatic carbocycles. The molecule has 25 heavy (non-hydrogen) atoms. The van der Waals surface area contributed by atoms with Crippen LogP contribution in [-0.4, -0.2) is 28.9 Å². The van der Waals surface area contributed by atoms with Gasteiger partial charge in [-0.15, -0.1) is 0 Å². The largest absolute Gasteiger partial charge is 0.338 e. The van der Waals surface area contributed by atoms with E-state index < -0.39 is 0 Å². The van der Waals surface area contributed by atoms with Crippen LogP contribution in [-0.2, 0) is 0 Å². The summed E-state index contributed by atoms with van der Waals surface area (Å²) < 4.78 is 7.74. The molecule has 1 amide bonds. The maximum absolute atomic E-state index is 13.0. The molecule has 0 bridgehead atoms. The number of benzene rings is 2. The van der Waals surface area contributed by atoms with Gasteiger partial charge in [-0.05, 0) is 30.9 Å². The number of fused-ring (bicyclic) bond motifs is 1. The quantitative estimate of drug-likeness (QED) is 0.626. The Labute approximate surface area is 154 Å². The summed E-state index contributed by atoms with van der Waals surface area (Å²) in [5.74, 6) is -0.228. The van der Waals surface area contributed by atoms with Crippen LogP contribution < -0.4 is 0 Å². The molecule has 0 aliphatic rings. The van der Waals surface area contributed by atoms with Crippen LogP contribution in [0.15, 0.2) is 54.6 Å². The van der Waals surface area contributed by atoms with Gasteiger partial charge in [-0.25, -0.2) is 4.98 Å². The Kier molecular flexibility index (Phi) is 4.66. The summed E-state index contributed by atoms with van der Waals surface area (Å²) in [6.07, 6.45) is 0.787. The fraction of sp³-hybridized carbons (Fsp3) is 0.238. The smallest absolute Gasteiger partial charge is 0.272 e. The lowest BCUT2D eigenvalue weighted by Gasteiger charge is -2.24. The van der Waals surface area contributed by atoms with Gasteiger partial charge >= 0.3 is 0 Å². The van der Waals surface area contributed by atoms with Gasteiger partial charge in [0.15, 0.2) is 0 Å². The highest BCUT2D eigenvalue weighted by Gasteiger charge is 2.20. The molecule has 0 fully saturated rings. The van der Waals surface area contributed by atoms with E-state index in [1.54, 1.807) is 6.07 Å². The van der Waals surface area contributed by atoms with E-state index in [4.69, 9.17) is 13.0 Å². The van der Waals surface area contributed by atoms with Crippen molar-refractivity contribution in [3.8, 4) is 11.3 Å². The Morgan fingerprint density at radius 3 is 2.68 bits per heavy atom. The van der Waals surface area contributed by atoms with Gasteiger partial charge in [-0.1, -0.05) is 61.0 Å². The van der Waals surface area contributed by atoms with Crippen molar-refractivity contribution in [3.05, 3.63) is 65.3 Å². The maximum atomic E-state index is 13.0. The first-order valence-electron chi connectivity index (χ1n) is 9.02. The second-order valence-corrected chi connectivity index (χ2v) is 6.50. The number of hydrogen-bond acceptors (Lipinski definition) is 2. The highest BCUT2D eigenvalue weighted by atomic mass is 35.5. The van der Waals surface area contributed by atoms with Crippen LogP contribution in [0.4, 0.5) is 0 Å². The topological polar surface area (TPSA) is 33.2 Å². The fourth-order valence-electron chi connectivity index (χ4n) is 2.73. The lowest BCUT2D eigenvalue weighted by Crippen LogP contribution is -2.35. The highest BCUT2D eigenvalue weighted by molar-refractivity contribution is 6.33. The Morgan fingerprint density at radius 1 is 1.24 bits per heavy atom. The number of rotatable bonds is 4. The predicted molar refractivity (Wildman–Crippen MR) is 104 cm³/mol. The van der Waals surface area contributed by atoms with Crippen LogP contribution in [0, 0.1) is 0 Å². The molecule has 0 N–H and O–H groups in total. The first-order valence-corrected chi connectivity index (χ1v) is 8.69. The van der Waals surface area contributed by atoms with Crippen LogP contribution in [0.2, 0.25) is 5.02 Å². The van der Waals surface area contributed by atoms with E-state index in [-0.39, 0.29) is 19.0 Å². The first kappa shape index (κ1) is 16.1. The van der Waals surface area contributed by atoms with Crippen LogP contribution in [0.3, 0.4) is 0 Å². The van der Waals surface area contributed by atoms with Gasteiger partial charge in [-0.2, -0.15) is 0 Å². The van der Waals surface area contributed by atoms with Crippen molar-refractivity contribution in [3.63, 3.8) is 0 Å². The van der Waals surface area contributed by atoms with E-state index in [9.17, 15) is 4.79 Å². The molecule has 3 nitrogen and oxygen atoms in total. The molecule has 0 radical (unpaired) electrons. The molecule has 0 spiro atoms. The number of pyridine rings is 1. The van der Waals surface area contributed by atoms with Gasteiger partial charge in [0.25, 0.3) is 5.91 Å². The number of amides is 1. The van der Waals surface area contributed by atoms with Gasteiger partial charge in [0.2, 0.25) is 0 Å². The summed E-state index contributed by atoms with van der Waals surface area (Å²) in [4.78, 5) is 19.2. The van der Waals surface area contributed by atoms with Gasteiger partial charge in [0, 0.05) is 30.4 Å². The molecule has 1 unspecified atom stereocenters. The fourth-order valence-corrected chi connectivity index (χ4v) is 2.96. The molecule has 0 aliphatic heterocycles. The lowest BCUT2D eigenvalue weighted by molar-refractivity contribution is 0.0735. The summed E-state index contributed by atoms with van der Waals surface area (Å²) in [7, 11) is -0.0935. The molecule has 0 saturated carbocycles. The number of hydrogen-bond donors (Lipinski definition) is 0. The summed E-state index contributed by atoms with van der Waals surface area (Å²) in [5, 5.41) is 2.46. The molecule has 1 atom stereocenters. The molecular formula is C21H21ClN2O. The standard InChI is InChI=1S/C21H21ClN2O/c1-4-14(2)24(3)21(25)19-13-15-9-5-6-10-16(15)20(23-19)17-11-7-8-12-18(17)22/h5-14H,4H2,1-3H3/i3T. The van der Waals surface area contributed by atoms with E-state index >= 15 is 0 Å². The van der Waals surface area contributed by atoms with E-state index in [0.29, 0.717) is 16.4 Å².